The average Bonchev–Trinajstić information content (AvgIpc) is 3.64. The van der Waals surface area contributed by atoms with Crippen molar-refractivity contribution in [2.75, 3.05) is 0 Å². The lowest BCUT2D eigenvalue weighted by Gasteiger charge is -2.32. The number of benzene rings is 3. The highest BCUT2D eigenvalue weighted by Gasteiger charge is 2.43. The van der Waals surface area contributed by atoms with E-state index in [9.17, 15) is 14.3 Å². The predicted octanol–water partition coefficient (Wildman–Crippen LogP) is 3.42. The Morgan fingerprint density at radius 1 is 1.18 bits per heavy atom. The summed E-state index contributed by atoms with van der Waals surface area (Å²) in [6, 6.07) is 15.3. The summed E-state index contributed by atoms with van der Waals surface area (Å²) in [6.45, 7) is 3.05. The number of thiazole rings is 1. The van der Waals surface area contributed by atoms with Crippen molar-refractivity contribution in [2.24, 2.45) is 0 Å². The molecular weight excluding hydrogens is 711 g/mol. The first-order valence-corrected chi connectivity index (χ1v) is 14.8. The fraction of sp³-hybridized carbons (Fsp3) is 0.194. The highest BCUT2D eigenvalue weighted by Crippen LogP contribution is 2.41. The summed E-state index contributed by atoms with van der Waals surface area (Å²) < 4.78 is 37.3. The third-order valence-electron chi connectivity index (χ3n) is 7.02. The van der Waals surface area contributed by atoms with Crippen LogP contribution in [0.25, 0.3) is 11.3 Å². The van der Waals surface area contributed by atoms with E-state index in [2.05, 4.69) is 11.2 Å². The SMILES string of the molecule is CC(=O)Oc1c(Cl)cc(C[n+]2cnn(CC(O)(c3ccc(F)cc3F)C(C)c3nc(-c4ccc(C#N)cc4)cs3)c2)cc1Cl.[Br-]. The van der Waals surface area contributed by atoms with Crippen LogP contribution < -0.4 is 26.3 Å². The monoisotopic (exact) mass is 733 g/mol. The zero-order chi connectivity index (χ0) is 31.6. The molecule has 1 N–H and O–H groups in total. The molecule has 0 radical (unpaired) electrons. The Labute approximate surface area is 281 Å². The van der Waals surface area contributed by atoms with Crippen molar-refractivity contribution in [1.29, 1.82) is 5.26 Å². The molecule has 2 unspecified atom stereocenters. The number of hydrogen-bond donors (Lipinski definition) is 1. The van der Waals surface area contributed by atoms with Gasteiger partial charge in [-0.3, -0.25) is 4.79 Å². The average molecular weight is 735 g/mol. The van der Waals surface area contributed by atoms with Gasteiger partial charge in [0.15, 0.2) is 5.75 Å². The molecule has 0 aliphatic carbocycles. The number of hydrogen-bond acceptors (Lipinski definition) is 7. The van der Waals surface area contributed by atoms with Crippen molar-refractivity contribution in [3.05, 3.63) is 116 Å². The van der Waals surface area contributed by atoms with E-state index in [-0.39, 0.29) is 51.4 Å². The third kappa shape index (κ3) is 7.57. The Bertz CT molecular complexity index is 1870. The van der Waals surface area contributed by atoms with Gasteiger partial charge in [0.05, 0.1) is 38.9 Å². The van der Waals surface area contributed by atoms with E-state index in [1.165, 1.54) is 35.3 Å². The second-order valence-electron chi connectivity index (χ2n) is 10.1. The molecule has 0 aliphatic heterocycles. The summed E-state index contributed by atoms with van der Waals surface area (Å²) in [5, 5.41) is 28.3. The van der Waals surface area contributed by atoms with E-state index in [1.54, 1.807) is 54.2 Å². The van der Waals surface area contributed by atoms with Crippen molar-refractivity contribution in [2.45, 2.75) is 38.5 Å². The highest BCUT2D eigenvalue weighted by molar-refractivity contribution is 7.10. The van der Waals surface area contributed by atoms with Crippen LogP contribution in [0.15, 0.2) is 72.6 Å². The summed E-state index contributed by atoms with van der Waals surface area (Å²) in [7, 11) is 0. The van der Waals surface area contributed by atoms with Crippen LogP contribution in [-0.2, 0) is 23.5 Å². The van der Waals surface area contributed by atoms with Gasteiger partial charge < -0.3 is 26.8 Å². The lowest BCUT2D eigenvalue weighted by molar-refractivity contribution is -0.689. The number of rotatable bonds is 9. The largest absolute Gasteiger partial charge is 1.00 e. The zero-order valence-electron chi connectivity index (χ0n) is 23.7. The van der Waals surface area contributed by atoms with Crippen molar-refractivity contribution in [3.63, 3.8) is 0 Å². The van der Waals surface area contributed by atoms with Crippen LogP contribution in [0, 0.1) is 23.0 Å². The number of aromatic nitrogens is 4. The Kier molecular flexibility index (Phi) is 10.7. The number of halogens is 5. The minimum absolute atomic E-state index is 0. The fourth-order valence-electron chi connectivity index (χ4n) is 4.76. The van der Waals surface area contributed by atoms with Gasteiger partial charge in [-0.1, -0.05) is 48.3 Å². The van der Waals surface area contributed by atoms with Crippen LogP contribution in [0.4, 0.5) is 8.78 Å². The summed E-state index contributed by atoms with van der Waals surface area (Å²) in [5.41, 5.74) is 0.622. The fourth-order valence-corrected chi connectivity index (χ4v) is 6.34. The van der Waals surface area contributed by atoms with Crippen molar-refractivity contribution in [1.82, 2.24) is 14.8 Å². The van der Waals surface area contributed by atoms with E-state index < -0.39 is 29.1 Å². The lowest BCUT2D eigenvalue weighted by Crippen LogP contribution is -3.00. The van der Waals surface area contributed by atoms with Gasteiger partial charge in [0.25, 0.3) is 6.33 Å². The Hall–Kier alpha value is -3.73. The van der Waals surface area contributed by atoms with E-state index in [4.69, 9.17) is 38.2 Å². The summed E-state index contributed by atoms with van der Waals surface area (Å²) in [6.07, 6.45) is 3.13. The molecule has 5 aromatic rings. The highest BCUT2D eigenvalue weighted by atomic mass is 79.9. The van der Waals surface area contributed by atoms with Crippen LogP contribution in [0.1, 0.15) is 41.5 Å². The molecule has 232 valence electrons. The zero-order valence-corrected chi connectivity index (χ0v) is 27.6. The molecule has 0 aliphatic rings. The molecule has 2 aromatic heterocycles. The molecule has 0 saturated carbocycles. The maximum absolute atomic E-state index is 15.2. The molecule has 8 nitrogen and oxygen atoms in total. The van der Waals surface area contributed by atoms with Crippen LogP contribution >= 0.6 is 34.5 Å². The van der Waals surface area contributed by atoms with Crippen LogP contribution in [0.5, 0.6) is 5.75 Å². The maximum atomic E-state index is 15.2. The van der Waals surface area contributed by atoms with Gasteiger partial charge in [-0.25, -0.2) is 18.3 Å². The smallest absolute Gasteiger partial charge is 0.308 e. The Morgan fingerprint density at radius 3 is 2.49 bits per heavy atom. The number of carbonyl (C=O) groups is 1. The predicted molar refractivity (Wildman–Crippen MR) is 160 cm³/mol. The van der Waals surface area contributed by atoms with Gasteiger partial charge in [0.2, 0.25) is 6.33 Å². The van der Waals surface area contributed by atoms with Gasteiger partial charge in [0.1, 0.15) is 23.8 Å². The summed E-state index contributed by atoms with van der Waals surface area (Å²) >= 11 is 13.8. The van der Waals surface area contributed by atoms with Crippen molar-refractivity contribution < 1.29 is 45.0 Å². The summed E-state index contributed by atoms with van der Waals surface area (Å²) in [5.74, 6) is -2.91. The van der Waals surface area contributed by atoms with E-state index in [0.717, 1.165) is 17.7 Å². The molecule has 0 bridgehead atoms. The number of ether oxygens (including phenoxy) is 1. The maximum Gasteiger partial charge on any atom is 0.308 e. The first-order chi connectivity index (χ1) is 21.0. The van der Waals surface area contributed by atoms with Crippen LogP contribution in [0.3, 0.4) is 0 Å². The molecular formula is C31H24BrCl2F2N5O3S. The van der Waals surface area contributed by atoms with Gasteiger partial charge in [0, 0.05) is 40.5 Å². The van der Waals surface area contributed by atoms with Gasteiger partial charge in [-0.05, 0) is 35.9 Å². The standard InChI is InChI=1S/C31H24Cl2F2N5O3S.BrH/c1-18(30-38-28(14-44-30)22-5-3-20(12-36)4-6-22)31(42,24-8-7-23(34)11-27(24)35)15-40-17-39(16-37-40)13-21-9-25(32)29(26(33)10-21)43-19(2)41;/h3-11,14,16-18,42H,13,15H2,1-2H3;1H/q+1;/p-1. The van der Waals surface area contributed by atoms with Crippen molar-refractivity contribution >= 4 is 40.5 Å². The molecule has 2 heterocycles. The van der Waals surface area contributed by atoms with Crippen LogP contribution in [-0.4, -0.2) is 25.8 Å². The molecule has 5 rings (SSSR count). The minimum Gasteiger partial charge on any atom is -1.00 e. The van der Waals surface area contributed by atoms with Crippen LogP contribution in [0.2, 0.25) is 10.0 Å². The second-order valence-corrected chi connectivity index (χ2v) is 11.8. The number of nitrogens with zero attached hydrogens (tertiary/aromatic N) is 5. The van der Waals surface area contributed by atoms with E-state index in [1.807, 2.05) is 5.38 Å². The van der Waals surface area contributed by atoms with E-state index >= 15 is 4.39 Å². The number of nitriles is 1. The topological polar surface area (TPSA) is 105 Å². The first-order valence-electron chi connectivity index (χ1n) is 13.2. The van der Waals surface area contributed by atoms with Crippen molar-refractivity contribution in [3.8, 4) is 23.1 Å². The van der Waals surface area contributed by atoms with Gasteiger partial charge in [-0.2, -0.15) is 5.26 Å². The van der Waals surface area contributed by atoms with Gasteiger partial charge >= 0.3 is 5.97 Å². The second kappa shape index (κ2) is 14.1. The number of esters is 1. The third-order valence-corrected chi connectivity index (χ3v) is 8.61. The number of carbonyl (C=O) groups excluding carboxylic acids is 1. The minimum atomic E-state index is -1.89. The first kappa shape index (κ1) is 34.1. The normalized spacial score (nSPS) is 12.9. The Balaban J connectivity index is 0.00000461. The quantitative estimate of drug-likeness (QED) is 0.142. The molecule has 2 atom stereocenters. The molecule has 45 heavy (non-hydrogen) atoms. The molecule has 0 amide bonds. The molecule has 0 fully saturated rings. The molecule has 14 heteroatoms. The van der Waals surface area contributed by atoms with E-state index in [0.29, 0.717) is 21.8 Å². The lowest BCUT2D eigenvalue weighted by atomic mass is 9.82. The summed E-state index contributed by atoms with van der Waals surface area (Å²) in [4.78, 5) is 16.1. The van der Waals surface area contributed by atoms with Gasteiger partial charge in [-0.15, -0.1) is 16.0 Å². The molecule has 0 saturated heterocycles. The Morgan fingerprint density at radius 2 is 1.87 bits per heavy atom. The number of aliphatic hydroxyl groups is 1. The molecule has 3 aromatic carbocycles. The molecule has 0 spiro atoms.